The number of amides is 2. The van der Waals surface area contributed by atoms with Crippen molar-refractivity contribution in [1.82, 2.24) is 10.2 Å². The molecule has 1 unspecified atom stereocenters. The van der Waals surface area contributed by atoms with Gasteiger partial charge in [0.2, 0.25) is 11.8 Å². The Labute approximate surface area is 107 Å². The second-order valence-corrected chi connectivity index (χ2v) is 4.28. The van der Waals surface area contributed by atoms with Crippen LogP contribution in [0.5, 0.6) is 0 Å². The van der Waals surface area contributed by atoms with Crippen LogP contribution in [0.4, 0.5) is 0 Å². The van der Waals surface area contributed by atoms with Crippen LogP contribution in [0.2, 0.25) is 0 Å². The van der Waals surface area contributed by atoms with Crippen LogP contribution in [0.25, 0.3) is 0 Å². The lowest BCUT2D eigenvalue weighted by Crippen LogP contribution is -2.57. The molecule has 1 heterocycles. The number of piperazine rings is 1. The zero-order valence-corrected chi connectivity index (χ0v) is 10.9. The minimum atomic E-state index is -0.726. The van der Waals surface area contributed by atoms with Crippen molar-refractivity contribution in [1.29, 1.82) is 0 Å². The molecule has 1 aliphatic heterocycles. The van der Waals surface area contributed by atoms with Crippen LogP contribution >= 0.6 is 0 Å². The predicted octanol–water partition coefficient (Wildman–Crippen LogP) is 0.0667. The highest BCUT2D eigenvalue weighted by molar-refractivity contribution is 5.91. The Bertz CT molecular complexity index is 330. The van der Waals surface area contributed by atoms with E-state index in [1.807, 2.05) is 6.92 Å². The smallest absolute Gasteiger partial charge is 0.308 e. The molecule has 0 saturated carbocycles. The molecule has 1 atom stereocenters. The number of carbonyl (C=O) groups is 3. The standard InChI is InChI=1S/C12H20N2O4/c1-3-4-5-10(15)14-7-6-13-12(17)9(14)8-11(16)18-2/h9H,3-8H2,1-2H3,(H,13,17). The lowest BCUT2D eigenvalue weighted by Gasteiger charge is -2.34. The van der Waals surface area contributed by atoms with E-state index in [2.05, 4.69) is 10.1 Å². The minimum absolute atomic E-state index is 0.0689. The number of nitrogens with zero attached hydrogens (tertiary/aromatic N) is 1. The van der Waals surface area contributed by atoms with Gasteiger partial charge in [0, 0.05) is 19.5 Å². The zero-order chi connectivity index (χ0) is 13.5. The largest absolute Gasteiger partial charge is 0.469 e. The molecule has 1 N–H and O–H groups in total. The van der Waals surface area contributed by atoms with Crippen LogP contribution in [-0.2, 0) is 19.1 Å². The summed E-state index contributed by atoms with van der Waals surface area (Å²) in [5.41, 5.74) is 0. The van der Waals surface area contributed by atoms with Crippen molar-refractivity contribution in [3.05, 3.63) is 0 Å². The lowest BCUT2D eigenvalue weighted by molar-refractivity contribution is -0.150. The first kappa shape index (κ1) is 14.5. The van der Waals surface area contributed by atoms with Crippen LogP contribution in [0, 0.1) is 0 Å². The van der Waals surface area contributed by atoms with Gasteiger partial charge in [-0.05, 0) is 6.42 Å². The fourth-order valence-electron chi connectivity index (χ4n) is 1.93. The second-order valence-electron chi connectivity index (χ2n) is 4.28. The number of methoxy groups -OCH3 is 1. The summed E-state index contributed by atoms with van der Waals surface area (Å²) in [5.74, 6) is -0.831. The summed E-state index contributed by atoms with van der Waals surface area (Å²) in [7, 11) is 1.27. The molecule has 0 aromatic heterocycles. The van der Waals surface area contributed by atoms with E-state index in [0.717, 1.165) is 12.8 Å². The number of hydrogen-bond acceptors (Lipinski definition) is 4. The van der Waals surface area contributed by atoms with Crippen molar-refractivity contribution in [3.8, 4) is 0 Å². The molecule has 1 rings (SSSR count). The van der Waals surface area contributed by atoms with Crippen molar-refractivity contribution < 1.29 is 19.1 Å². The van der Waals surface area contributed by atoms with E-state index in [0.29, 0.717) is 19.5 Å². The van der Waals surface area contributed by atoms with Crippen LogP contribution < -0.4 is 5.32 Å². The van der Waals surface area contributed by atoms with Crippen LogP contribution in [0.1, 0.15) is 32.6 Å². The maximum atomic E-state index is 12.0. The molecule has 1 saturated heterocycles. The predicted molar refractivity (Wildman–Crippen MR) is 64.7 cm³/mol. The fraction of sp³-hybridized carbons (Fsp3) is 0.750. The Morgan fingerprint density at radius 1 is 1.50 bits per heavy atom. The number of esters is 1. The molecule has 6 nitrogen and oxygen atoms in total. The van der Waals surface area contributed by atoms with Gasteiger partial charge in [-0.15, -0.1) is 0 Å². The van der Waals surface area contributed by atoms with Gasteiger partial charge in [0.1, 0.15) is 6.04 Å². The SMILES string of the molecule is CCCCC(=O)N1CCNC(=O)C1CC(=O)OC. The van der Waals surface area contributed by atoms with Crippen LogP contribution in [0.3, 0.4) is 0 Å². The first-order valence-corrected chi connectivity index (χ1v) is 6.24. The van der Waals surface area contributed by atoms with Gasteiger partial charge >= 0.3 is 5.97 Å². The van der Waals surface area contributed by atoms with Crippen LogP contribution in [0.15, 0.2) is 0 Å². The number of hydrogen-bond donors (Lipinski definition) is 1. The van der Waals surface area contributed by atoms with E-state index in [1.54, 1.807) is 0 Å². The van der Waals surface area contributed by atoms with Gasteiger partial charge in [-0.25, -0.2) is 0 Å². The third kappa shape index (κ3) is 3.72. The first-order chi connectivity index (χ1) is 8.60. The minimum Gasteiger partial charge on any atom is -0.469 e. The Kier molecular flexibility index (Phi) is 5.61. The molecule has 0 aromatic rings. The number of ether oxygens (including phenoxy) is 1. The molecular weight excluding hydrogens is 236 g/mol. The molecule has 2 amide bonds. The first-order valence-electron chi connectivity index (χ1n) is 6.24. The van der Waals surface area contributed by atoms with E-state index < -0.39 is 12.0 Å². The van der Waals surface area contributed by atoms with E-state index in [4.69, 9.17) is 0 Å². The monoisotopic (exact) mass is 256 g/mol. The van der Waals surface area contributed by atoms with Crippen molar-refractivity contribution in [2.75, 3.05) is 20.2 Å². The average molecular weight is 256 g/mol. The number of unbranched alkanes of at least 4 members (excludes halogenated alkanes) is 1. The third-order valence-corrected chi connectivity index (χ3v) is 2.98. The topological polar surface area (TPSA) is 75.7 Å². The van der Waals surface area contributed by atoms with Gasteiger partial charge < -0.3 is 15.0 Å². The van der Waals surface area contributed by atoms with Crippen LogP contribution in [-0.4, -0.2) is 48.9 Å². The van der Waals surface area contributed by atoms with Gasteiger partial charge in [0.25, 0.3) is 0 Å². The summed E-state index contributed by atoms with van der Waals surface area (Å²) in [5, 5.41) is 2.66. The Morgan fingerprint density at radius 3 is 2.83 bits per heavy atom. The molecular formula is C12H20N2O4. The molecule has 0 aliphatic carbocycles. The Hall–Kier alpha value is -1.59. The molecule has 1 fully saturated rings. The van der Waals surface area contributed by atoms with E-state index in [9.17, 15) is 14.4 Å². The molecule has 18 heavy (non-hydrogen) atoms. The third-order valence-electron chi connectivity index (χ3n) is 2.98. The maximum absolute atomic E-state index is 12.0. The quantitative estimate of drug-likeness (QED) is 0.706. The summed E-state index contributed by atoms with van der Waals surface area (Å²) in [6.07, 6.45) is 2.05. The van der Waals surface area contributed by atoms with E-state index in [-0.39, 0.29) is 18.2 Å². The zero-order valence-electron chi connectivity index (χ0n) is 10.9. The van der Waals surface area contributed by atoms with Crippen molar-refractivity contribution in [2.24, 2.45) is 0 Å². The summed E-state index contributed by atoms with van der Waals surface area (Å²) >= 11 is 0. The highest BCUT2D eigenvalue weighted by Gasteiger charge is 2.34. The van der Waals surface area contributed by atoms with Gasteiger partial charge in [-0.3, -0.25) is 14.4 Å². The van der Waals surface area contributed by atoms with E-state index >= 15 is 0 Å². The average Bonchev–Trinajstić information content (AvgIpc) is 2.38. The molecule has 1 aliphatic rings. The normalized spacial score (nSPS) is 19.3. The van der Waals surface area contributed by atoms with E-state index in [1.165, 1.54) is 12.0 Å². The summed E-state index contributed by atoms with van der Waals surface area (Å²) < 4.78 is 4.55. The second kappa shape index (κ2) is 6.98. The van der Waals surface area contributed by atoms with Gasteiger partial charge in [0.15, 0.2) is 0 Å². The van der Waals surface area contributed by atoms with Gasteiger partial charge in [0.05, 0.1) is 13.5 Å². The van der Waals surface area contributed by atoms with Gasteiger partial charge in [-0.2, -0.15) is 0 Å². The molecule has 102 valence electrons. The molecule has 0 aromatic carbocycles. The number of nitrogens with one attached hydrogen (secondary N) is 1. The van der Waals surface area contributed by atoms with Crippen molar-refractivity contribution in [3.63, 3.8) is 0 Å². The highest BCUT2D eigenvalue weighted by Crippen LogP contribution is 2.12. The van der Waals surface area contributed by atoms with Gasteiger partial charge in [-0.1, -0.05) is 13.3 Å². The number of rotatable bonds is 5. The summed E-state index contributed by atoms with van der Waals surface area (Å²) in [6, 6.07) is -0.726. The Balaban J connectivity index is 2.68. The fourth-order valence-corrected chi connectivity index (χ4v) is 1.93. The number of carbonyl (C=O) groups excluding carboxylic acids is 3. The molecule has 0 spiro atoms. The lowest BCUT2D eigenvalue weighted by atomic mass is 10.1. The molecule has 0 bridgehead atoms. The summed E-state index contributed by atoms with van der Waals surface area (Å²) in [6.45, 7) is 2.90. The molecule has 0 radical (unpaired) electrons. The Morgan fingerprint density at radius 2 is 2.22 bits per heavy atom. The van der Waals surface area contributed by atoms with Crippen molar-refractivity contribution >= 4 is 17.8 Å². The van der Waals surface area contributed by atoms with Crippen molar-refractivity contribution in [2.45, 2.75) is 38.6 Å². The summed E-state index contributed by atoms with van der Waals surface area (Å²) in [4.78, 5) is 36.5. The maximum Gasteiger partial charge on any atom is 0.308 e. The molecule has 6 heteroatoms. The highest BCUT2D eigenvalue weighted by atomic mass is 16.5.